The van der Waals surface area contributed by atoms with E-state index in [1.807, 2.05) is 6.92 Å². The lowest BCUT2D eigenvalue weighted by Gasteiger charge is -2.38. The Hall–Kier alpha value is -1.47. The van der Waals surface area contributed by atoms with E-state index < -0.39 is 12.3 Å². The van der Waals surface area contributed by atoms with E-state index >= 15 is 0 Å². The predicted octanol–water partition coefficient (Wildman–Crippen LogP) is 0.880. The quantitative estimate of drug-likeness (QED) is 0.425. The van der Waals surface area contributed by atoms with Crippen LogP contribution in [0.5, 0.6) is 0 Å². The predicted molar refractivity (Wildman–Crippen MR) is 88.9 cm³/mol. The number of hydrogen-bond acceptors (Lipinski definition) is 5. The van der Waals surface area contributed by atoms with Gasteiger partial charge in [0.15, 0.2) is 0 Å². The van der Waals surface area contributed by atoms with Gasteiger partial charge in [-0.05, 0) is 12.8 Å². The van der Waals surface area contributed by atoms with Gasteiger partial charge in [-0.1, -0.05) is 33.1 Å². The van der Waals surface area contributed by atoms with Crippen LogP contribution < -0.4 is 11.1 Å². The van der Waals surface area contributed by atoms with Gasteiger partial charge in [0.05, 0.1) is 0 Å². The number of unbranched alkanes of at least 4 members (excludes halogenated alkanes) is 3. The van der Waals surface area contributed by atoms with Crippen LogP contribution in [0.1, 0.15) is 46.0 Å². The summed E-state index contributed by atoms with van der Waals surface area (Å²) in [6.07, 6.45) is 3.22. The van der Waals surface area contributed by atoms with E-state index in [4.69, 9.17) is 17.3 Å². The molecule has 1 rings (SSSR count). The highest BCUT2D eigenvalue weighted by atomic mass is 35.5. The molecule has 4 N–H and O–H groups in total. The molecule has 2 amide bonds. The molecule has 23 heavy (non-hydrogen) atoms. The van der Waals surface area contributed by atoms with Crippen molar-refractivity contribution in [3.63, 3.8) is 0 Å². The molecule has 0 radical (unpaired) electrons. The first kappa shape index (κ1) is 19.6. The topological polar surface area (TPSA) is 98.9 Å². The van der Waals surface area contributed by atoms with Gasteiger partial charge in [0.1, 0.15) is 17.4 Å². The Kier molecular flexibility index (Phi) is 8.19. The zero-order chi connectivity index (χ0) is 17.4. The standard InChI is InChI=1S/C15H27ClN4O3/c1-3-5-7-9-19(11(21)10-16)12-13(17)20(8-6-4-2)15(23)18-14(12)22/h15,23H,3-10,17H2,1-2H3,(H,18,22). The molecule has 1 unspecified atom stereocenters. The average molecular weight is 347 g/mol. The molecule has 0 aromatic rings. The van der Waals surface area contributed by atoms with E-state index in [0.29, 0.717) is 13.1 Å². The number of aliphatic hydroxyl groups excluding tert-OH is 1. The van der Waals surface area contributed by atoms with Gasteiger partial charge in [0, 0.05) is 13.1 Å². The van der Waals surface area contributed by atoms with Gasteiger partial charge < -0.3 is 26.0 Å². The lowest BCUT2D eigenvalue weighted by atomic mass is 10.2. The summed E-state index contributed by atoms with van der Waals surface area (Å²) in [5.41, 5.74) is 6.17. The van der Waals surface area contributed by atoms with Crippen molar-refractivity contribution in [1.29, 1.82) is 0 Å². The zero-order valence-corrected chi connectivity index (χ0v) is 14.6. The second-order valence-electron chi connectivity index (χ2n) is 5.51. The van der Waals surface area contributed by atoms with E-state index in [1.54, 1.807) is 0 Å². The number of carbonyl (C=O) groups excluding carboxylic acids is 2. The number of carbonyl (C=O) groups is 2. The largest absolute Gasteiger partial charge is 0.383 e. The Morgan fingerprint density at radius 2 is 2.00 bits per heavy atom. The summed E-state index contributed by atoms with van der Waals surface area (Å²) >= 11 is 5.67. The van der Waals surface area contributed by atoms with Crippen LogP contribution in [-0.4, -0.2) is 52.0 Å². The van der Waals surface area contributed by atoms with Gasteiger partial charge in [-0.3, -0.25) is 9.59 Å². The third-order valence-corrected chi connectivity index (χ3v) is 3.97. The van der Waals surface area contributed by atoms with Crippen molar-refractivity contribution in [2.24, 2.45) is 5.73 Å². The number of aliphatic hydroxyl groups is 1. The van der Waals surface area contributed by atoms with Gasteiger partial charge in [-0.15, -0.1) is 11.6 Å². The molecular formula is C15H27ClN4O3. The molecule has 8 heteroatoms. The third-order valence-electron chi connectivity index (χ3n) is 3.75. The van der Waals surface area contributed by atoms with Crippen molar-refractivity contribution in [1.82, 2.24) is 15.1 Å². The van der Waals surface area contributed by atoms with E-state index in [0.717, 1.165) is 32.1 Å². The molecule has 7 nitrogen and oxygen atoms in total. The molecule has 0 bridgehead atoms. The molecule has 1 aliphatic rings. The van der Waals surface area contributed by atoms with E-state index in [2.05, 4.69) is 12.2 Å². The van der Waals surface area contributed by atoms with Crippen molar-refractivity contribution in [3.8, 4) is 0 Å². The molecule has 0 fully saturated rings. The Balaban J connectivity index is 3.09. The number of hydrogen-bond donors (Lipinski definition) is 3. The molecule has 1 heterocycles. The van der Waals surface area contributed by atoms with E-state index in [9.17, 15) is 14.7 Å². The van der Waals surface area contributed by atoms with Gasteiger partial charge in [0.2, 0.25) is 12.3 Å². The fraction of sp³-hybridized carbons (Fsp3) is 0.733. The van der Waals surface area contributed by atoms with Gasteiger partial charge in [-0.25, -0.2) is 0 Å². The van der Waals surface area contributed by atoms with E-state index in [-0.39, 0.29) is 23.3 Å². The fourth-order valence-electron chi connectivity index (χ4n) is 2.43. The summed E-state index contributed by atoms with van der Waals surface area (Å²) < 4.78 is 0. The Labute approximate surface area is 142 Å². The SMILES string of the molecule is CCCCCN(C(=O)CCl)C1=C(N)N(CCCC)C(O)NC1=O. The van der Waals surface area contributed by atoms with Crippen LogP contribution in [0.25, 0.3) is 0 Å². The molecule has 1 atom stereocenters. The highest BCUT2D eigenvalue weighted by Crippen LogP contribution is 2.20. The number of alkyl halides is 1. The highest BCUT2D eigenvalue weighted by molar-refractivity contribution is 6.27. The monoisotopic (exact) mass is 346 g/mol. The molecular weight excluding hydrogens is 320 g/mol. The first-order valence-corrected chi connectivity index (χ1v) is 8.62. The number of nitrogens with two attached hydrogens (primary N) is 1. The second-order valence-corrected chi connectivity index (χ2v) is 5.78. The second kappa shape index (κ2) is 9.62. The first-order chi connectivity index (χ1) is 11.0. The summed E-state index contributed by atoms with van der Waals surface area (Å²) in [4.78, 5) is 27.2. The number of halogens is 1. The summed E-state index contributed by atoms with van der Waals surface area (Å²) in [5, 5.41) is 12.4. The van der Waals surface area contributed by atoms with Crippen molar-refractivity contribution >= 4 is 23.4 Å². The summed E-state index contributed by atoms with van der Waals surface area (Å²) in [6, 6.07) is 0. The molecule has 1 aliphatic heterocycles. The minimum Gasteiger partial charge on any atom is -0.383 e. The first-order valence-electron chi connectivity index (χ1n) is 8.09. The Morgan fingerprint density at radius 3 is 2.57 bits per heavy atom. The Morgan fingerprint density at radius 1 is 1.35 bits per heavy atom. The van der Waals surface area contributed by atoms with Gasteiger partial charge in [-0.2, -0.15) is 0 Å². The van der Waals surface area contributed by atoms with Crippen LogP contribution in [0.4, 0.5) is 0 Å². The van der Waals surface area contributed by atoms with Crippen molar-refractivity contribution in [3.05, 3.63) is 11.5 Å². The number of nitrogens with zero attached hydrogens (tertiary/aromatic N) is 2. The highest BCUT2D eigenvalue weighted by Gasteiger charge is 2.35. The number of amides is 2. The van der Waals surface area contributed by atoms with Crippen molar-refractivity contribution in [2.45, 2.75) is 52.3 Å². The Bertz CT molecular complexity index is 456. The molecule has 0 aromatic carbocycles. The minimum atomic E-state index is -1.18. The third kappa shape index (κ3) is 5.00. The van der Waals surface area contributed by atoms with E-state index in [1.165, 1.54) is 9.80 Å². The lowest BCUT2D eigenvalue weighted by molar-refractivity contribution is -0.136. The molecule has 0 aromatic heterocycles. The van der Waals surface area contributed by atoms with Gasteiger partial charge in [0.25, 0.3) is 5.91 Å². The van der Waals surface area contributed by atoms with Crippen LogP contribution in [-0.2, 0) is 9.59 Å². The lowest BCUT2D eigenvalue weighted by Crippen LogP contribution is -2.58. The molecule has 0 saturated heterocycles. The van der Waals surface area contributed by atoms with Crippen LogP contribution in [0.2, 0.25) is 0 Å². The normalized spacial score (nSPS) is 18.2. The smallest absolute Gasteiger partial charge is 0.275 e. The average Bonchev–Trinajstić information content (AvgIpc) is 2.52. The maximum absolute atomic E-state index is 12.3. The maximum atomic E-state index is 12.3. The van der Waals surface area contributed by atoms with Crippen LogP contribution in [0, 0.1) is 0 Å². The molecule has 0 saturated carbocycles. The maximum Gasteiger partial charge on any atom is 0.275 e. The summed E-state index contributed by atoms with van der Waals surface area (Å²) in [7, 11) is 0. The van der Waals surface area contributed by atoms with Crippen LogP contribution >= 0.6 is 11.6 Å². The summed E-state index contributed by atoms with van der Waals surface area (Å²) in [5.74, 6) is -1.04. The number of rotatable bonds is 9. The zero-order valence-electron chi connectivity index (χ0n) is 13.8. The fourth-order valence-corrected chi connectivity index (χ4v) is 2.58. The summed E-state index contributed by atoms with van der Waals surface area (Å²) in [6.45, 7) is 4.94. The molecule has 132 valence electrons. The molecule has 0 spiro atoms. The van der Waals surface area contributed by atoms with Crippen molar-refractivity contribution < 1.29 is 14.7 Å². The minimum absolute atomic E-state index is 0.0770. The molecule has 0 aliphatic carbocycles. The number of nitrogens with one attached hydrogen (secondary N) is 1. The van der Waals surface area contributed by atoms with Gasteiger partial charge >= 0.3 is 0 Å². The van der Waals surface area contributed by atoms with Crippen LogP contribution in [0.3, 0.4) is 0 Å². The van der Waals surface area contributed by atoms with Crippen molar-refractivity contribution in [2.75, 3.05) is 19.0 Å². The van der Waals surface area contributed by atoms with Crippen LogP contribution in [0.15, 0.2) is 11.5 Å².